The fraction of sp³-hybridized carbons (Fsp3) is 0.435. The predicted molar refractivity (Wildman–Crippen MR) is 122 cm³/mol. The Morgan fingerprint density at radius 1 is 1.00 bits per heavy atom. The SMILES string of the molecule is O=C(Nc1cc(Oc2ccc(I)cc2)cc([N+](=O)[O-])c1)C12CC3CC(CC(C3)C1)C2. The summed E-state index contributed by atoms with van der Waals surface area (Å²) in [7, 11) is 0. The molecule has 0 saturated heterocycles. The molecular formula is C23H23IN2O4. The van der Waals surface area contributed by atoms with E-state index >= 15 is 0 Å². The van der Waals surface area contributed by atoms with Crippen LogP contribution in [-0.2, 0) is 4.79 Å². The van der Waals surface area contributed by atoms with Gasteiger partial charge < -0.3 is 10.1 Å². The molecular weight excluding hydrogens is 495 g/mol. The molecule has 2 aromatic carbocycles. The van der Waals surface area contributed by atoms with Crippen LogP contribution in [0, 0.1) is 36.9 Å². The van der Waals surface area contributed by atoms with E-state index in [4.69, 9.17) is 4.74 Å². The van der Waals surface area contributed by atoms with Crippen molar-refractivity contribution >= 4 is 39.9 Å². The first-order valence-electron chi connectivity index (χ1n) is 10.4. The summed E-state index contributed by atoms with van der Waals surface area (Å²) in [5, 5.41) is 14.5. The highest BCUT2D eigenvalue weighted by Crippen LogP contribution is 2.60. The zero-order chi connectivity index (χ0) is 20.9. The van der Waals surface area contributed by atoms with Gasteiger partial charge in [0, 0.05) is 15.7 Å². The zero-order valence-corrected chi connectivity index (χ0v) is 18.6. The third-order valence-corrected chi connectivity index (χ3v) is 7.65. The minimum Gasteiger partial charge on any atom is -0.457 e. The van der Waals surface area contributed by atoms with Crippen molar-refractivity contribution in [3.05, 3.63) is 56.1 Å². The van der Waals surface area contributed by atoms with Crippen LogP contribution >= 0.6 is 22.6 Å². The van der Waals surface area contributed by atoms with Crippen LogP contribution in [0.3, 0.4) is 0 Å². The molecule has 4 bridgehead atoms. The fourth-order valence-corrected chi connectivity index (χ4v) is 6.47. The van der Waals surface area contributed by atoms with E-state index in [0.717, 1.165) is 22.8 Å². The lowest BCUT2D eigenvalue weighted by Crippen LogP contribution is -2.51. The van der Waals surface area contributed by atoms with E-state index in [-0.39, 0.29) is 17.0 Å². The number of non-ortho nitro benzene ring substituents is 1. The Morgan fingerprint density at radius 3 is 2.17 bits per heavy atom. The largest absolute Gasteiger partial charge is 0.457 e. The first-order chi connectivity index (χ1) is 14.4. The third-order valence-electron chi connectivity index (χ3n) is 6.93. The maximum Gasteiger partial charge on any atom is 0.275 e. The van der Waals surface area contributed by atoms with Crippen molar-refractivity contribution in [2.24, 2.45) is 23.2 Å². The molecule has 4 aliphatic rings. The topological polar surface area (TPSA) is 81.5 Å². The van der Waals surface area contributed by atoms with E-state index in [0.29, 0.717) is 34.9 Å². The van der Waals surface area contributed by atoms with Gasteiger partial charge in [0.1, 0.15) is 11.5 Å². The molecule has 4 fully saturated rings. The summed E-state index contributed by atoms with van der Waals surface area (Å²) in [5.74, 6) is 2.92. The highest BCUT2D eigenvalue weighted by molar-refractivity contribution is 14.1. The summed E-state index contributed by atoms with van der Waals surface area (Å²) >= 11 is 2.20. The molecule has 6 rings (SSSR count). The maximum atomic E-state index is 13.3. The van der Waals surface area contributed by atoms with Crippen molar-refractivity contribution in [1.29, 1.82) is 0 Å². The lowest BCUT2D eigenvalue weighted by atomic mass is 9.49. The number of nitro groups is 1. The second-order valence-corrected chi connectivity index (χ2v) is 10.4. The van der Waals surface area contributed by atoms with E-state index in [1.54, 1.807) is 6.07 Å². The van der Waals surface area contributed by atoms with Crippen molar-refractivity contribution in [2.75, 3.05) is 5.32 Å². The van der Waals surface area contributed by atoms with Gasteiger partial charge in [-0.15, -0.1) is 0 Å². The first-order valence-corrected chi connectivity index (χ1v) is 11.5. The number of nitrogens with one attached hydrogen (secondary N) is 1. The van der Waals surface area contributed by atoms with Crippen LogP contribution in [-0.4, -0.2) is 10.8 Å². The number of hydrogen-bond donors (Lipinski definition) is 1. The molecule has 0 spiro atoms. The fourth-order valence-electron chi connectivity index (χ4n) is 6.11. The molecule has 2 aromatic rings. The zero-order valence-electron chi connectivity index (χ0n) is 16.5. The van der Waals surface area contributed by atoms with Gasteiger partial charge in [-0.05, 0) is 103 Å². The number of benzene rings is 2. The molecule has 6 nitrogen and oxygen atoms in total. The van der Waals surface area contributed by atoms with Gasteiger partial charge in [0.05, 0.1) is 22.1 Å². The van der Waals surface area contributed by atoms with Crippen LogP contribution in [0.5, 0.6) is 11.5 Å². The number of halogens is 1. The molecule has 0 unspecified atom stereocenters. The van der Waals surface area contributed by atoms with Crippen LogP contribution in [0.25, 0.3) is 0 Å². The lowest BCUT2D eigenvalue weighted by molar-refractivity contribution is -0.384. The number of rotatable bonds is 5. The van der Waals surface area contributed by atoms with Crippen LogP contribution in [0.1, 0.15) is 38.5 Å². The van der Waals surface area contributed by atoms with Gasteiger partial charge in [-0.1, -0.05) is 0 Å². The first kappa shape index (κ1) is 19.8. The molecule has 30 heavy (non-hydrogen) atoms. The van der Waals surface area contributed by atoms with Gasteiger partial charge in [0.25, 0.3) is 5.69 Å². The van der Waals surface area contributed by atoms with Gasteiger partial charge >= 0.3 is 0 Å². The molecule has 1 amide bonds. The van der Waals surface area contributed by atoms with E-state index < -0.39 is 4.92 Å². The monoisotopic (exact) mass is 518 g/mol. The molecule has 1 N–H and O–H groups in total. The Hall–Kier alpha value is -2.16. The lowest BCUT2D eigenvalue weighted by Gasteiger charge is -2.55. The van der Waals surface area contributed by atoms with Gasteiger partial charge in [-0.25, -0.2) is 0 Å². The molecule has 4 saturated carbocycles. The minimum absolute atomic E-state index is 0.0160. The average Bonchev–Trinajstić information content (AvgIpc) is 2.68. The minimum atomic E-state index is -0.457. The van der Waals surface area contributed by atoms with E-state index in [2.05, 4.69) is 27.9 Å². The molecule has 0 heterocycles. The summed E-state index contributed by atoms with van der Waals surface area (Å²) in [6.07, 6.45) is 6.63. The van der Waals surface area contributed by atoms with Crippen LogP contribution in [0.15, 0.2) is 42.5 Å². The van der Waals surface area contributed by atoms with Gasteiger partial charge in [-0.2, -0.15) is 0 Å². The van der Waals surface area contributed by atoms with Gasteiger partial charge in [0.15, 0.2) is 0 Å². The Kier molecular flexibility index (Phi) is 4.95. The number of carbonyl (C=O) groups is 1. The number of ether oxygens (including phenoxy) is 1. The van der Waals surface area contributed by atoms with E-state index in [1.165, 1.54) is 31.4 Å². The normalized spacial score (nSPS) is 28.9. The number of anilines is 1. The van der Waals surface area contributed by atoms with E-state index in [1.807, 2.05) is 24.3 Å². The highest BCUT2D eigenvalue weighted by Gasteiger charge is 2.54. The Labute approximate surface area is 188 Å². The molecule has 156 valence electrons. The van der Waals surface area contributed by atoms with E-state index in [9.17, 15) is 14.9 Å². The van der Waals surface area contributed by atoms with Crippen molar-refractivity contribution in [3.8, 4) is 11.5 Å². The summed E-state index contributed by atoms with van der Waals surface area (Å²) in [4.78, 5) is 24.3. The quantitative estimate of drug-likeness (QED) is 0.293. The second kappa shape index (κ2) is 7.51. The number of nitrogens with zero attached hydrogens (tertiary/aromatic N) is 1. The van der Waals surface area contributed by atoms with Crippen molar-refractivity contribution in [2.45, 2.75) is 38.5 Å². The number of amides is 1. The number of hydrogen-bond acceptors (Lipinski definition) is 4. The number of nitro benzene ring substituents is 1. The molecule has 0 atom stereocenters. The summed E-state index contributed by atoms with van der Waals surface area (Å²) in [6, 6.07) is 11.9. The van der Waals surface area contributed by atoms with Crippen molar-refractivity contribution in [3.63, 3.8) is 0 Å². The molecule has 4 aliphatic carbocycles. The highest BCUT2D eigenvalue weighted by atomic mass is 127. The Morgan fingerprint density at radius 2 is 1.60 bits per heavy atom. The van der Waals surface area contributed by atoms with Crippen LogP contribution in [0.4, 0.5) is 11.4 Å². The summed E-state index contributed by atoms with van der Waals surface area (Å²) in [5.41, 5.74) is 0.0144. The molecule has 0 aromatic heterocycles. The Balaban J connectivity index is 1.39. The standard InChI is InChI=1S/C23H23IN2O4/c24-17-1-3-20(4-2-17)30-21-9-18(8-19(10-21)26(28)29)25-22(27)23-11-14-5-15(12-23)7-16(6-14)13-23/h1-4,8-10,14-16H,5-7,11-13H2,(H,25,27). The Bertz CT molecular complexity index is 969. The van der Waals surface area contributed by atoms with Gasteiger partial charge in [0.2, 0.25) is 5.91 Å². The predicted octanol–water partition coefficient (Wildman–Crippen LogP) is 6.15. The summed E-state index contributed by atoms with van der Waals surface area (Å²) < 4.78 is 6.91. The average molecular weight is 518 g/mol. The van der Waals surface area contributed by atoms with Crippen molar-refractivity contribution < 1.29 is 14.5 Å². The maximum absolute atomic E-state index is 13.3. The van der Waals surface area contributed by atoms with Gasteiger partial charge in [-0.3, -0.25) is 14.9 Å². The number of carbonyl (C=O) groups excluding carboxylic acids is 1. The second-order valence-electron chi connectivity index (χ2n) is 9.18. The van der Waals surface area contributed by atoms with Crippen LogP contribution in [0.2, 0.25) is 0 Å². The molecule has 0 radical (unpaired) electrons. The van der Waals surface area contributed by atoms with Crippen LogP contribution < -0.4 is 10.1 Å². The third kappa shape index (κ3) is 3.79. The summed E-state index contributed by atoms with van der Waals surface area (Å²) in [6.45, 7) is 0. The molecule has 0 aliphatic heterocycles. The van der Waals surface area contributed by atoms with Crippen molar-refractivity contribution in [1.82, 2.24) is 0 Å². The molecule has 7 heteroatoms. The smallest absolute Gasteiger partial charge is 0.275 e.